The molecule has 0 aliphatic rings. The molecule has 0 fully saturated rings. The highest BCUT2D eigenvalue weighted by atomic mass is 19.1. The van der Waals surface area contributed by atoms with Gasteiger partial charge in [-0.25, -0.2) is 9.07 Å². The summed E-state index contributed by atoms with van der Waals surface area (Å²) in [5.74, 6) is -0.544. The van der Waals surface area contributed by atoms with Gasteiger partial charge in [0.05, 0.1) is 35.3 Å². The quantitative estimate of drug-likeness (QED) is 0.561. The van der Waals surface area contributed by atoms with Crippen LogP contribution in [0.3, 0.4) is 0 Å². The number of aliphatic hydroxyl groups excluding tert-OH is 1. The number of hydrogen-bond acceptors (Lipinski definition) is 4. The molecule has 0 radical (unpaired) electrons. The third kappa shape index (κ3) is 3.47. The number of fused-ring (bicyclic) bond motifs is 1. The van der Waals surface area contributed by atoms with Crippen LogP contribution in [0.25, 0.3) is 16.6 Å². The molecular formula is C21H17FN4O2. The molecule has 0 unspecified atom stereocenters. The van der Waals surface area contributed by atoms with Crippen molar-refractivity contribution in [3.63, 3.8) is 0 Å². The predicted octanol–water partition coefficient (Wildman–Crippen LogP) is 2.98. The molecule has 0 bridgehead atoms. The van der Waals surface area contributed by atoms with E-state index in [2.05, 4.69) is 15.4 Å². The van der Waals surface area contributed by atoms with Crippen molar-refractivity contribution in [3.8, 4) is 5.69 Å². The standard InChI is InChI=1S/C21H17FN4O2/c22-15-5-8-17(9-6-15)26-20-3-1-2-18(19(20)12-25-26)21(28)24-11-14-4-7-16(13-27)23-10-14/h1-10,12,27H,11,13H2,(H,24,28). The summed E-state index contributed by atoms with van der Waals surface area (Å²) in [4.78, 5) is 16.8. The van der Waals surface area contributed by atoms with E-state index in [0.717, 1.165) is 11.1 Å². The van der Waals surface area contributed by atoms with Crippen LogP contribution in [0.1, 0.15) is 21.6 Å². The Hall–Kier alpha value is -3.58. The zero-order chi connectivity index (χ0) is 19.5. The Morgan fingerprint density at radius 1 is 1.07 bits per heavy atom. The molecule has 2 heterocycles. The molecule has 2 N–H and O–H groups in total. The number of benzene rings is 2. The van der Waals surface area contributed by atoms with Crippen molar-refractivity contribution in [1.82, 2.24) is 20.1 Å². The lowest BCUT2D eigenvalue weighted by Gasteiger charge is -2.08. The van der Waals surface area contributed by atoms with Crippen molar-refractivity contribution in [2.45, 2.75) is 13.2 Å². The molecule has 6 nitrogen and oxygen atoms in total. The van der Waals surface area contributed by atoms with Crippen LogP contribution in [-0.2, 0) is 13.2 Å². The number of nitrogens with zero attached hydrogens (tertiary/aromatic N) is 3. The van der Waals surface area contributed by atoms with Crippen LogP contribution in [0.4, 0.5) is 4.39 Å². The van der Waals surface area contributed by atoms with Crippen molar-refractivity contribution in [1.29, 1.82) is 0 Å². The minimum Gasteiger partial charge on any atom is -0.390 e. The number of halogens is 1. The molecule has 0 saturated carbocycles. The monoisotopic (exact) mass is 376 g/mol. The maximum Gasteiger partial charge on any atom is 0.252 e. The van der Waals surface area contributed by atoms with Gasteiger partial charge in [-0.2, -0.15) is 5.10 Å². The second-order valence-corrected chi connectivity index (χ2v) is 6.27. The maximum absolute atomic E-state index is 13.2. The molecule has 140 valence electrons. The SMILES string of the molecule is O=C(NCc1ccc(CO)nc1)c1cccc2c1cnn2-c1ccc(F)cc1. The van der Waals surface area contributed by atoms with E-state index in [1.165, 1.54) is 12.1 Å². The second kappa shape index (κ2) is 7.58. The molecule has 0 spiro atoms. The van der Waals surface area contributed by atoms with Gasteiger partial charge in [0.25, 0.3) is 5.91 Å². The van der Waals surface area contributed by atoms with Crippen LogP contribution in [0.5, 0.6) is 0 Å². The van der Waals surface area contributed by atoms with Gasteiger partial charge in [0, 0.05) is 18.1 Å². The van der Waals surface area contributed by atoms with Gasteiger partial charge in [-0.1, -0.05) is 12.1 Å². The third-order valence-electron chi connectivity index (χ3n) is 4.43. The number of rotatable bonds is 5. The number of aliphatic hydroxyl groups is 1. The molecule has 0 atom stereocenters. The van der Waals surface area contributed by atoms with Gasteiger partial charge in [-0.05, 0) is 48.0 Å². The lowest BCUT2D eigenvalue weighted by molar-refractivity contribution is 0.0952. The molecular weight excluding hydrogens is 359 g/mol. The van der Waals surface area contributed by atoms with Crippen LogP contribution >= 0.6 is 0 Å². The first-order valence-electron chi connectivity index (χ1n) is 8.71. The van der Waals surface area contributed by atoms with E-state index in [4.69, 9.17) is 5.11 Å². The lowest BCUT2D eigenvalue weighted by atomic mass is 10.1. The second-order valence-electron chi connectivity index (χ2n) is 6.27. The lowest BCUT2D eigenvalue weighted by Crippen LogP contribution is -2.23. The Morgan fingerprint density at radius 2 is 1.89 bits per heavy atom. The van der Waals surface area contributed by atoms with Crippen molar-refractivity contribution in [2.75, 3.05) is 0 Å². The highest BCUT2D eigenvalue weighted by Crippen LogP contribution is 2.22. The molecule has 28 heavy (non-hydrogen) atoms. The average molecular weight is 376 g/mol. The van der Waals surface area contributed by atoms with E-state index in [-0.39, 0.29) is 18.3 Å². The third-order valence-corrected chi connectivity index (χ3v) is 4.43. The van der Waals surface area contributed by atoms with Crippen molar-refractivity contribution >= 4 is 16.8 Å². The minimum absolute atomic E-state index is 0.118. The van der Waals surface area contributed by atoms with Crippen LogP contribution in [-0.4, -0.2) is 25.8 Å². The van der Waals surface area contributed by atoms with Gasteiger partial charge in [-0.15, -0.1) is 0 Å². The number of hydrogen-bond donors (Lipinski definition) is 2. The molecule has 2 aromatic carbocycles. The molecule has 4 aromatic rings. The van der Waals surface area contributed by atoms with Gasteiger partial charge in [-0.3, -0.25) is 9.78 Å². The summed E-state index contributed by atoms with van der Waals surface area (Å²) >= 11 is 0. The molecule has 2 aromatic heterocycles. The first-order valence-corrected chi connectivity index (χ1v) is 8.71. The normalized spacial score (nSPS) is 10.9. The van der Waals surface area contributed by atoms with Gasteiger partial charge >= 0.3 is 0 Å². The molecule has 0 saturated heterocycles. The molecule has 1 amide bonds. The summed E-state index contributed by atoms with van der Waals surface area (Å²) in [5, 5.41) is 17.0. The number of carbonyl (C=O) groups excluding carboxylic acids is 1. The first kappa shape index (κ1) is 17.8. The predicted molar refractivity (Wildman–Crippen MR) is 102 cm³/mol. The highest BCUT2D eigenvalue weighted by Gasteiger charge is 2.14. The fraction of sp³-hybridized carbons (Fsp3) is 0.0952. The van der Waals surface area contributed by atoms with E-state index in [1.54, 1.807) is 47.4 Å². The molecule has 7 heteroatoms. The number of pyridine rings is 1. The van der Waals surface area contributed by atoms with Crippen LogP contribution in [0.15, 0.2) is 67.0 Å². The van der Waals surface area contributed by atoms with E-state index in [9.17, 15) is 9.18 Å². The van der Waals surface area contributed by atoms with Crippen molar-refractivity contribution in [2.24, 2.45) is 0 Å². The Bertz CT molecular complexity index is 1120. The van der Waals surface area contributed by atoms with E-state index < -0.39 is 0 Å². The Morgan fingerprint density at radius 3 is 2.61 bits per heavy atom. The van der Waals surface area contributed by atoms with E-state index in [0.29, 0.717) is 28.9 Å². The number of aromatic nitrogens is 3. The molecule has 4 rings (SSSR count). The summed E-state index contributed by atoms with van der Waals surface area (Å²) in [6.07, 6.45) is 3.25. The summed E-state index contributed by atoms with van der Waals surface area (Å²) < 4.78 is 14.8. The average Bonchev–Trinajstić information content (AvgIpc) is 3.17. The Balaban J connectivity index is 1.58. The maximum atomic E-state index is 13.2. The largest absolute Gasteiger partial charge is 0.390 e. The van der Waals surface area contributed by atoms with Crippen molar-refractivity contribution in [3.05, 3.63) is 89.6 Å². The van der Waals surface area contributed by atoms with E-state index >= 15 is 0 Å². The summed E-state index contributed by atoms with van der Waals surface area (Å²) in [6.45, 7) is 0.201. The Kier molecular flexibility index (Phi) is 4.82. The fourth-order valence-electron chi connectivity index (χ4n) is 2.97. The summed E-state index contributed by atoms with van der Waals surface area (Å²) in [5.41, 5.74) is 3.39. The van der Waals surface area contributed by atoms with Gasteiger partial charge in [0.2, 0.25) is 0 Å². The van der Waals surface area contributed by atoms with Crippen LogP contribution < -0.4 is 5.32 Å². The molecule has 0 aliphatic heterocycles. The first-order chi connectivity index (χ1) is 13.7. The van der Waals surface area contributed by atoms with Crippen LogP contribution in [0, 0.1) is 5.82 Å². The van der Waals surface area contributed by atoms with Gasteiger partial charge in [0.15, 0.2) is 0 Å². The zero-order valence-corrected chi connectivity index (χ0v) is 14.8. The van der Waals surface area contributed by atoms with Gasteiger partial charge < -0.3 is 10.4 Å². The van der Waals surface area contributed by atoms with E-state index in [1.807, 2.05) is 12.1 Å². The van der Waals surface area contributed by atoms with Crippen LogP contribution in [0.2, 0.25) is 0 Å². The number of nitrogens with one attached hydrogen (secondary N) is 1. The topological polar surface area (TPSA) is 80.0 Å². The van der Waals surface area contributed by atoms with Gasteiger partial charge in [0.1, 0.15) is 5.82 Å². The summed E-state index contributed by atoms with van der Waals surface area (Å²) in [7, 11) is 0. The number of amides is 1. The fourth-order valence-corrected chi connectivity index (χ4v) is 2.97. The zero-order valence-electron chi connectivity index (χ0n) is 14.8. The number of carbonyl (C=O) groups is 1. The summed E-state index contributed by atoms with van der Waals surface area (Å²) in [6, 6.07) is 14.9. The minimum atomic E-state index is -0.318. The smallest absolute Gasteiger partial charge is 0.252 e. The Labute approximate surface area is 160 Å². The molecule has 0 aliphatic carbocycles. The van der Waals surface area contributed by atoms with Crippen molar-refractivity contribution < 1.29 is 14.3 Å². The highest BCUT2D eigenvalue weighted by molar-refractivity contribution is 6.06.